The highest BCUT2D eigenvalue weighted by Crippen LogP contribution is 2.38. The Balaban J connectivity index is 1.40. The Kier molecular flexibility index (Phi) is 5.62. The van der Waals surface area contributed by atoms with Crippen LogP contribution in [0.25, 0.3) is 11.4 Å². The highest BCUT2D eigenvalue weighted by Gasteiger charge is 2.44. The van der Waals surface area contributed by atoms with E-state index in [4.69, 9.17) is 0 Å². The number of alkyl halides is 3. The zero-order chi connectivity index (χ0) is 23.9. The average molecular weight is 472 g/mol. The minimum absolute atomic E-state index is 0.0488. The lowest BCUT2D eigenvalue weighted by Crippen LogP contribution is -2.59. The third-order valence-electron chi connectivity index (χ3n) is 6.35. The van der Waals surface area contributed by atoms with E-state index in [0.717, 1.165) is 19.0 Å². The Morgan fingerprint density at radius 1 is 1.03 bits per heavy atom. The summed E-state index contributed by atoms with van der Waals surface area (Å²) in [5.41, 5.74) is -0.846. The summed E-state index contributed by atoms with van der Waals surface area (Å²) in [6.45, 7) is 0.520. The summed E-state index contributed by atoms with van der Waals surface area (Å²) in [4.78, 5) is 30.9. The number of aromatic nitrogens is 4. The standard InChI is InChI=1S/C23H20F4N6O/c24-15-4-1-3-14(20(15)21-28-7-2-8-29-21)22(34)33-12-13-5-6-17(33)16(9-13)32-19-11-30-18(10-31-19)23(25,26)27/h1-4,7-8,10-11,13,16-17H,5-6,9,12H2,(H,31,32)/t13?,16?,17-/m0/s1. The van der Waals surface area contributed by atoms with Crippen molar-refractivity contribution in [3.63, 3.8) is 0 Å². The Bertz CT molecular complexity index is 1190. The number of benzene rings is 1. The number of nitrogens with zero attached hydrogens (tertiary/aromatic N) is 5. The highest BCUT2D eigenvalue weighted by molar-refractivity contribution is 6.00. The van der Waals surface area contributed by atoms with Crippen LogP contribution in [-0.2, 0) is 6.18 Å². The molecule has 1 aliphatic carbocycles. The number of hydrogen-bond acceptors (Lipinski definition) is 6. The van der Waals surface area contributed by atoms with E-state index >= 15 is 0 Å². The third-order valence-corrected chi connectivity index (χ3v) is 6.35. The predicted octanol–water partition coefficient (Wildman–Crippen LogP) is 4.20. The van der Waals surface area contributed by atoms with Gasteiger partial charge in [0, 0.05) is 25.0 Å². The van der Waals surface area contributed by atoms with Crippen LogP contribution in [0.5, 0.6) is 0 Å². The monoisotopic (exact) mass is 472 g/mol. The first-order valence-electron chi connectivity index (χ1n) is 10.8. The van der Waals surface area contributed by atoms with Crippen molar-refractivity contribution in [1.82, 2.24) is 24.8 Å². The maximum atomic E-state index is 14.8. The molecule has 2 unspecified atom stereocenters. The van der Waals surface area contributed by atoms with E-state index < -0.39 is 17.7 Å². The molecule has 1 N–H and O–H groups in total. The van der Waals surface area contributed by atoms with Crippen LogP contribution in [-0.4, -0.2) is 49.4 Å². The van der Waals surface area contributed by atoms with Crippen LogP contribution in [0.15, 0.2) is 49.1 Å². The lowest BCUT2D eigenvalue weighted by molar-refractivity contribution is -0.141. The largest absolute Gasteiger partial charge is 0.434 e. The fourth-order valence-electron chi connectivity index (χ4n) is 4.83. The summed E-state index contributed by atoms with van der Waals surface area (Å²) >= 11 is 0. The summed E-state index contributed by atoms with van der Waals surface area (Å²) in [5.74, 6) is -0.377. The van der Waals surface area contributed by atoms with Gasteiger partial charge in [0.2, 0.25) is 0 Å². The van der Waals surface area contributed by atoms with Gasteiger partial charge in [-0.3, -0.25) is 4.79 Å². The molecule has 6 rings (SSSR count). The Morgan fingerprint density at radius 2 is 1.82 bits per heavy atom. The highest BCUT2D eigenvalue weighted by atomic mass is 19.4. The Hall–Kier alpha value is -3.63. The van der Waals surface area contributed by atoms with Crippen molar-refractivity contribution in [3.8, 4) is 11.4 Å². The van der Waals surface area contributed by atoms with Crippen LogP contribution in [0.2, 0.25) is 0 Å². The van der Waals surface area contributed by atoms with Gasteiger partial charge >= 0.3 is 6.18 Å². The van der Waals surface area contributed by atoms with E-state index in [1.54, 1.807) is 17.0 Å². The number of carbonyl (C=O) groups is 1. The van der Waals surface area contributed by atoms with Gasteiger partial charge in [0.25, 0.3) is 5.91 Å². The van der Waals surface area contributed by atoms with Gasteiger partial charge in [0.15, 0.2) is 11.5 Å². The zero-order valence-electron chi connectivity index (χ0n) is 17.8. The van der Waals surface area contributed by atoms with E-state index in [2.05, 4.69) is 25.3 Å². The molecule has 0 radical (unpaired) electrons. The van der Waals surface area contributed by atoms with Crippen LogP contribution >= 0.6 is 0 Å². The number of piperidine rings is 2. The molecule has 1 aromatic carbocycles. The quantitative estimate of drug-likeness (QED) is 0.573. The number of anilines is 1. The van der Waals surface area contributed by atoms with Crippen LogP contribution < -0.4 is 5.32 Å². The molecule has 34 heavy (non-hydrogen) atoms. The molecular weight excluding hydrogens is 452 g/mol. The second-order valence-corrected chi connectivity index (χ2v) is 8.47. The second kappa shape index (κ2) is 8.62. The molecular formula is C23H20F4N6O. The van der Waals surface area contributed by atoms with Crippen molar-refractivity contribution in [1.29, 1.82) is 0 Å². The van der Waals surface area contributed by atoms with Crippen molar-refractivity contribution >= 4 is 11.7 Å². The van der Waals surface area contributed by atoms with E-state index in [0.29, 0.717) is 19.2 Å². The van der Waals surface area contributed by atoms with E-state index in [1.165, 1.54) is 24.5 Å². The molecule has 2 aromatic heterocycles. The molecule has 2 saturated heterocycles. The molecule has 0 spiro atoms. The minimum Gasteiger partial charge on any atom is -0.364 e. The van der Waals surface area contributed by atoms with Crippen LogP contribution in [0.1, 0.15) is 35.3 Å². The molecule has 3 fully saturated rings. The molecule has 3 atom stereocenters. The van der Waals surface area contributed by atoms with Crippen LogP contribution in [0.4, 0.5) is 23.4 Å². The average Bonchev–Trinajstić information content (AvgIpc) is 2.84. The number of fused-ring (bicyclic) bond motifs is 3. The number of amides is 1. The summed E-state index contributed by atoms with van der Waals surface area (Å²) in [5, 5.41) is 3.15. The number of rotatable bonds is 4. The maximum Gasteiger partial charge on any atom is 0.434 e. The van der Waals surface area contributed by atoms with E-state index in [1.807, 2.05) is 0 Å². The fourth-order valence-corrected chi connectivity index (χ4v) is 4.83. The zero-order valence-corrected chi connectivity index (χ0v) is 17.8. The van der Waals surface area contributed by atoms with Gasteiger partial charge in [-0.25, -0.2) is 24.3 Å². The maximum absolute atomic E-state index is 14.8. The first-order chi connectivity index (χ1) is 16.3. The Labute approximate surface area is 192 Å². The van der Waals surface area contributed by atoms with Crippen molar-refractivity contribution in [2.24, 2.45) is 5.92 Å². The molecule has 3 aliphatic rings. The molecule has 1 amide bonds. The number of halogens is 4. The van der Waals surface area contributed by atoms with Crippen LogP contribution in [0, 0.1) is 11.7 Å². The summed E-state index contributed by atoms with van der Waals surface area (Å²) in [6.07, 6.45) is 2.53. The third kappa shape index (κ3) is 4.17. The van der Waals surface area contributed by atoms with Crippen molar-refractivity contribution < 1.29 is 22.4 Å². The van der Waals surface area contributed by atoms with Crippen molar-refractivity contribution in [2.75, 3.05) is 11.9 Å². The molecule has 4 heterocycles. The first kappa shape index (κ1) is 22.2. The lowest BCUT2D eigenvalue weighted by Gasteiger charge is -2.50. The number of carbonyl (C=O) groups excluding carboxylic acids is 1. The normalized spacial score (nSPS) is 22.0. The topological polar surface area (TPSA) is 83.9 Å². The van der Waals surface area contributed by atoms with E-state index in [-0.39, 0.29) is 46.7 Å². The van der Waals surface area contributed by atoms with Gasteiger partial charge in [0.05, 0.1) is 29.6 Å². The smallest absolute Gasteiger partial charge is 0.364 e. The lowest BCUT2D eigenvalue weighted by atomic mass is 9.76. The molecule has 1 saturated carbocycles. The SMILES string of the molecule is O=C(c1cccc(F)c1-c1ncccn1)N1CC2CC[C@H]1C(Nc1cnc(C(F)(F)F)cn1)C2. The molecule has 176 valence electrons. The van der Waals surface area contributed by atoms with Crippen molar-refractivity contribution in [2.45, 2.75) is 37.5 Å². The molecule has 2 bridgehead atoms. The van der Waals surface area contributed by atoms with Crippen LogP contribution in [0.3, 0.4) is 0 Å². The number of nitrogens with one attached hydrogen (secondary N) is 1. The fraction of sp³-hybridized carbons (Fsp3) is 0.348. The van der Waals surface area contributed by atoms with Gasteiger partial charge in [-0.05, 0) is 43.4 Å². The number of hydrogen-bond donors (Lipinski definition) is 1. The van der Waals surface area contributed by atoms with Gasteiger partial charge < -0.3 is 10.2 Å². The molecule has 11 heteroatoms. The molecule has 3 aromatic rings. The van der Waals surface area contributed by atoms with Gasteiger partial charge in [-0.1, -0.05) is 6.07 Å². The van der Waals surface area contributed by atoms with Gasteiger partial charge in [0.1, 0.15) is 11.6 Å². The van der Waals surface area contributed by atoms with E-state index in [9.17, 15) is 22.4 Å². The predicted molar refractivity (Wildman–Crippen MR) is 114 cm³/mol. The van der Waals surface area contributed by atoms with Gasteiger partial charge in [-0.15, -0.1) is 0 Å². The summed E-state index contributed by atoms with van der Waals surface area (Å²) in [7, 11) is 0. The Morgan fingerprint density at radius 3 is 2.50 bits per heavy atom. The minimum atomic E-state index is -4.57. The van der Waals surface area contributed by atoms with Crippen molar-refractivity contribution in [3.05, 3.63) is 66.1 Å². The summed E-state index contributed by atoms with van der Waals surface area (Å²) in [6, 6.07) is 5.46. The first-order valence-corrected chi connectivity index (χ1v) is 10.8. The molecule has 2 aliphatic heterocycles. The second-order valence-electron chi connectivity index (χ2n) is 8.47. The van der Waals surface area contributed by atoms with Gasteiger partial charge in [-0.2, -0.15) is 13.2 Å². The summed E-state index contributed by atoms with van der Waals surface area (Å²) < 4.78 is 53.1. The molecule has 7 nitrogen and oxygen atoms in total.